The number of halogens is 1. The van der Waals surface area contributed by atoms with Gasteiger partial charge in [-0.1, -0.05) is 82.9 Å². The van der Waals surface area contributed by atoms with Crippen molar-refractivity contribution in [2.75, 3.05) is 33.5 Å². The molecule has 3 unspecified atom stereocenters. The third-order valence-electron chi connectivity index (χ3n) is 10.3. The lowest BCUT2D eigenvalue weighted by molar-refractivity contribution is -0.145. The third kappa shape index (κ3) is 9.74. The van der Waals surface area contributed by atoms with E-state index in [1.54, 1.807) is 6.08 Å². The molecule has 6 nitrogen and oxygen atoms in total. The summed E-state index contributed by atoms with van der Waals surface area (Å²) in [6, 6.07) is 6.42. The largest absolute Gasteiger partial charge is 0.462 e. The number of aliphatic hydroxyl groups is 1. The van der Waals surface area contributed by atoms with Gasteiger partial charge >= 0.3 is 11.9 Å². The van der Waals surface area contributed by atoms with Gasteiger partial charge in [0.1, 0.15) is 5.83 Å². The van der Waals surface area contributed by atoms with Crippen LogP contribution in [0.5, 0.6) is 0 Å². The van der Waals surface area contributed by atoms with E-state index < -0.39 is 24.5 Å². The number of methoxy groups -OCH3 is 1. The van der Waals surface area contributed by atoms with Crippen LogP contribution in [0, 0.1) is 29.6 Å². The SMILES string of the molecule is C=C(CO)C(=O)OCC(COC(=O)C(=C)COC)C1C=C(F)C(c2ccc3c(c2)CCC(C2CCC(CCCCC)CC2)C3)=CC1. The highest BCUT2D eigenvalue weighted by Gasteiger charge is 2.31. The van der Waals surface area contributed by atoms with Gasteiger partial charge in [-0.25, -0.2) is 14.0 Å². The molecular weight excluding hydrogens is 583 g/mol. The van der Waals surface area contributed by atoms with Crippen molar-refractivity contribution >= 4 is 17.5 Å². The predicted molar refractivity (Wildman–Crippen MR) is 179 cm³/mol. The van der Waals surface area contributed by atoms with Crippen LogP contribution in [0.3, 0.4) is 0 Å². The minimum atomic E-state index is -0.745. The average molecular weight is 637 g/mol. The normalized spacial score (nSPS) is 23.4. The summed E-state index contributed by atoms with van der Waals surface area (Å²) in [5, 5.41) is 9.21. The van der Waals surface area contributed by atoms with E-state index in [4.69, 9.17) is 14.2 Å². The number of carbonyl (C=O) groups excluding carboxylic acids is 2. The molecule has 0 spiro atoms. The molecule has 46 heavy (non-hydrogen) atoms. The summed E-state index contributed by atoms with van der Waals surface area (Å²) in [4.78, 5) is 24.5. The van der Waals surface area contributed by atoms with E-state index in [0.29, 0.717) is 12.0 Å². The Balaban J connectivity index is 1.37. The smallest absolute Gasteiger partial charge is 0.335 e. The number of aryl methyl sites for hydroxylation is 1. The Morgan fingerprint density at radius 3 is 2.35 bits per heavy atom. The first kappa shape index (κ1) is 35.8. The number of rotatable bonds is 16. The zero-order valence-electron chi connectivity index (χ0n) is 27.9. The second-order valence-electron chi connectivity index (χ2n) is 13.6. The number of hydrogen-bond acceptors (Lipinski definition) is 6. The first-order chi connectivity index (χ1) is 22.2. The van der Waals surface area contributed by atoms with Gasteiger partial charge in [-0.3, -0.25) is 0 Å². The van der Waals surface area contributed by atoms with Crippen LogP contribution in [0.1, 0.15) is 87.8 Å². The fourth-order valence-electron chi connectivity index (χ4n) is 7.43. The molecule has 0 radical (unpaired) electrons. The van der Waals surface area contributed by atoms with E-state index in [1.807, 2.05) is 12.1 Å². The van der Waals surface area contributed by atoms with Crippen molar-refractivity contribution in [1.82, 2.24) is 0 Å². The van der Waals surface area contributed by atoms with Gasteiger partial charge in [-0.05, 0) is 85.0 Å². The van der Waals surface area contributed by atoms with Crippen molar-refractivity contribution in [3.05, 3.63) is 77.2 Å². The number of aliphatic hydroxyl groups excluding tert-OH is 1. The summed E-state index contributed by atoms with van der Waals surface area (Å²) >= 11 is 0. The average Bonchev–Trinajstić information content (AvgIpc) is 3.07. The molecule has 3 atom stereocenters. The van der Waals surface area contributed by atoms with Gasteiger partial charge in [0.15, 0.2) is 0 Å². The van der Waals surface area contributed by atoms with E-state index in [0.717, 1.165) is 36.2 Å². The Labute approximate surface area is 274 Å². The molecule has 252 valence electrons. The van der Waals surface area contributed by atoms with Crippen LogP contribution in [0.25, 0.3) is 5.57 Å². The first-order valence-corrected chi connectivity index (χ1v) is 17.2. The maximum Gasteiger partial charge on any atom is 0.335 e. The Hall–Kier alpha value is -3.03. The third-order valence-corrected chi connectivity index (χ3v) is 10.3. The molecule has 0 aliphatic heterocycles. The monoisotopic (exact) mass is 636 g/mol. The summed E-state index contributed by atoms with van der Waals surface area (Å²) in [6.07, 6.45) is 18.3. The quantitative estimate of drug-likeness (QED) is 0.113. The molecule has 3 aliphatic carbocycles. The number of benzene rings is 1. The lowest BCUT2D eigenvalue weighted by atomic mass is 9.69. The lowest BCUT2D eigenvalue weighted by Gasteiger charge is -2.36. The lowest BCUT2D eigenvalue weighted by Crippen LogP contribution is -2.29. The van der Waals surface area contributed by atoms with Crippen molar-refractivity contribution < 1.29 is 33.3 Å². The summed E-state index contributed by atoms with van der Waals surface area (Å²) in [7, 11) is 1.45. The van der Waals surface area contributed by atoms with Crippen molar-refractivity contribution in [2.45, 2.75) is 84.0 Å². The zero-order chi connectivity index (χ0) is 33.1. The molecule has 0 heterocycles. The zero-order valence-corrected chi connectivity index (χ0v) is 27.9. The van der Waals surface area contributed by atoms with Crippen LogP contribution >= 0.6 is 0 Å². The van der Waals surface area contributed by atoms with Crippen LogP contribution < -0.4 is 0 Å². The van der Waals surface area contributed by atoms with Gasteiger partial charge in [0.2, 0.25) is 0 Å². The molecule has 1 N–H and O–H groups in total. The number of ether oxygens (including phenoxy) is 3. The second-order valence-corrected chi connectivity index (χ2v) is 13.6. The van der Waals surface area contributed by atoms with Crippen LogP contribution in [-0.4, -0.2) is 50.6 Å². The molecule has 0 bridgehead atoms. The van der Waals surface area contributed by atoms with Gasteiger partial charge in [0.05, 0.1) is 37.6 Å². The minimum Gasteiger partial charge on any atom is -0.462 e. The fraction of sp³-hybridized carbons (Fsp3) is 0.590. The standard InChI is InChI=1S/C39H53FO6/c1-5-6-7-8-28-9-11-29(12-10-28)30-13-14-32-20-34(16-15-31(32)19-30)36-18-17-33(21-37(36)40)35(24-45-38(42)26(2)22-41)25-46-39(43)27(3)23-44-4/h15-16,18,20-21,28-30,33,35,41H,2-3,5-14,17,19,22-25H2,1,4H3. The summed E-state index contributed by atoms with van der Waals surface area (Å²) in [6.45, 7) is 8.71. The molecule has 0 amide bonds. The van der Waals surface area contributed by atoms with E-state index >= 15 is 4.39 Å². The molecule has 0 saturated heterocycles. The van der Waals surface area contributed by atoms with Gasteiger partial charge in [0, 0.05) is 18.6 Å². The molecule has 1 saturated carbocycles. The van der Waals surface area contributed by atoms with Crippen LogP contribution in [0.4, 0.5) is 4.39 Å². The summed E-state index contributed by atoms with van der Waals surface area (Å²) in [5.74, 6) is -0.0756. The van der Waals surface area contributed by atoms with Crippen LogP contribution in [-0.2, 0) is 36.6 Å². The number of esters is 2. The topological polar surface area (TPSA) is 82.1 Å². The molecular formula is C39H53FO6. The Morgan fingerprint density at radius 2 is 1.70 bits per heavy atom. The second kappa shape index (κ2) is 17.8. The Kier molecular flexibility index (Phi) is 13.8. The number of carbonyl (C=O) groups is 2. The highest BCUT2D eigenvalue weighted by Crippen LogP contribution is 2.42. The molecule has 1 aromatic rings. The van der Waals surface area contributed by atoms with Crippen molar-refractivity contribution in [2.24, 2.45) is 29.6 Å². The van der Waals surface area contributed by atoms with E-state index in [1.165, 1.54) is 76.0 Å². The Bertz CT molecular complexity index is 1290. The molecule has 1 aromatic carbocycles. The molecule has 4 rings (SSSR count). The maximum atomic E-state index is 15.7. The molecule has 3 aliphatic rings. The van der Waals surface area contributed by atoms with Gasteiger partial charge in [-0.2, -0.15) is 0 Å². The summed E-state index contributed by atoms with van der Waals surface area (Å²) < 4.78 is 31.4. The number of hydrogen-bond donors (Lipinski definition) is 1. The van der Waals surface area contributed by atoms with Gasteiger partial charge in [-0.15, -0.1) is 0 Å². The van der Waals surface area contributed by atoms with Gasteiger partial charge < -0.3 is 19.3 Å². The number of unbranched alkanes of at least 4 members (excludes halogenated alkanes) is 2. The minimum absolute atomic E-state index is 0.0283. The highest BCUT2D eigenvalue weighted by molar-refractivity contribution is 5.88. The maximum absolute atomic E-state index is 15.7. The predicted octanol–water partition coefficient (Wildman–Crippen LogP) is 7.89. The number of fused-ring (bicyclic) bond motifs is 1. The first-order valence-electron chi connectivity index (χ1n) is 17.2. The Morgan fingerprint density at radius 1 is 0.978 bits per heavy atom. The highest BCUT2D eigenvalue weighted by atomic mass is 19.1. The van der Waals surface area contributed by atoms with Crippen LogP contribution in [0.15, 0.2) is 60.5 Å². The summed E-state index contributed by atoms with van der Waals surface area (Å²) in [5.41, 5.74) is 4.25. The van der Waals surface area contributed by atoms with E-state index in [2.05, 4.69) is 32.2 Å². The van der Waals surface area contributed by atoms with Crippen molar-refractivity contribution in [1.29, 1.82) is 0 Å². The molecule has 0 aromatic heterocycles. The van der Waals surface area contributed by atoms with Gasteiger partial charge in [0.25, 0.3) is 0 Å². The van der Waals surface area contributed by atoms with Crippen LogP contribution in [0.2, 0.25) is 0 Å². The van der Waals surface area contributed by atoms with E-state index in [-0.39, 0.29) is 42.7 Å². The number of allylic oxidation sites excluding steroid dienone is 4. The van der Waals surface area contributed by atoms with E-state index in [9.17, 15) is 14.7 Å². The molecule has 7 heteroatoms. The fourth-order valence-corrected chi connectivity index (χ4v) is 7.43. The molecule has 1 fully saturated rings. The van der Waals surface area contributed by atoms with Crippen molar-refractivity contribution in [3.63, 3.8) is 0 Å². The van der Waals surface area contributed by atoms with Crippen molar-refractivity contribution in [3.8, 4) is 0 Å².